The lowest BCUT2D eigenvalue weighted by Crippen LogP contribution is -2.39. The third-order valence-electron chi connectivity index (χ3n) is 5.17. The van der Waals surface area contributed by atoms with Crippen molar-refractivity contribution in [2.24, 2.45) is 5.41 Å². The monoisotopic (exact) mass is 370 g/mol. The Hall–Kier alpha value is -2.96. The number of nitro benzene ring substituents is 1. The molecule has 3 rings (SSSR count). The van der Waals surface area contributed by atoms with Gasteiger partial charge in [0.05, 0.1) is 17.7 Å². The van der Waals surface area contributed by atoms with Crippen LogP contribution in [0.3, 0.4) is 0 Å². The number of ketones is 1. The van der Waals surface area contributed by atoms with E-state index in [0.717, 1.165) is 5.57 Å². The SMILES string of the molecule is COC(=O)C1=C(C)C(c2ccccc2[N+](=O)[O-])C2=C(N1)C(=O)CC(C)(C)C2. The fourth-order valence-corrected chi connectivity index (χ4v) is 4.03. The van der Waals surface area contributed by atoms with Gasteiger partial charge in [0.2, 0.25) is 0 Å². The van der Waals surface area contributed by atoms with Crippen molar-refractivity contribution in [2.45, 2.75) is 39.5 Å². The Morgan fingerprint density at radius 3 is 2.59 bits per heavy atom. The largest absolute Gasteiger partial charge is 0.464 e. The van der Waals surface area contributed by atoms with E-state index in [1.165, 1.54) is 13.2 Å². The van der Waals surface area contributed by atoms with Crippen LogP contribution in [0.25, 0.3) is 0 Å². The summed E-state index contributed by atoms with van der Waals surface area (Å²) in [6.45, 7) is 5.75. The number of dihydropyridines is 1. The Kier molecular flexibility index (Phi) is 4.63. The molecule has 0 aromatic heterocycles. The van der Waals surface area contributed by atoms with Gasteiger partial charge in [-0.15, -0.1) is 0 Å². The van der Waals surface area contributed by atoms with E-state index in [0.29, 0.717) is 29.7 Å². The lowest BCUT2D eigenvalue weighted by Gasteiger charge is -2.39. The first-order chi connectivity index (χ1) is 12.7. The summed E-state index contributed by atoms with van der Waals surface area (Å²) in [6, 6.07) is 6.46. The molecule has 1 atom stereocenters. The number of rotatable bonds is 3. The number of para-hydroxylation sites is 1. The highest BCUT2D eigenvalue weighted by molar-refractivity contribution is 6.01. The van der Waals surface area contributed by atoms with E-state index in [2.05, 4.69) is 5.32 Å². The van der Waals surface area contributed by atoms with Gasteiger partial charge in [-0.05, 0) is 29.9 Å². The minimum Gasteiger partial charge on any atom is -0.464 e. The molecule has 0 saturated carbocycles. The highest BCUT2D eigenvalue weighted by Crippen LogP contribution is 2.49. The number of benzene rings is 1. The highest BCUT2D eigenvalue weighted by atomic mass is 16.6. The molecular formula is C20H22N2O5. The number of nitrogens with zero attached hydrogens (tertiary/aromatic N) is 1. The van der Waals surface area contributed by atoms with Gasteiger partial charge in [-0.2, -0.15) is 0 Å². The molecule has 0 fully saturated rings. The quantitative estimate of drug-likeness (QED) is 0.498. The summed E-state index contributed by atoms with van der Waals surface area (Å²) in [7, 11) is 1.26. The number of Topliss-reactive ketones (excluding diaryl/α,β-unsaturated/α-hetero) is 1. The summed E-state index contributed by atoms with van der Waals surface area (Å²) in [5, 5.41) is 14.6. The van der Waals surface area contributed by atoms with Crippen LogP contribution < -0.4 is 5.32 Å². The number of carbonyl (C=O) groups is 2. The maximum Gasteiger partial charge on any atom is 0.354 e. The Morgan fingerprint density at radius 2 is 1.96 bits per heavy atom. The first-order valence-electron chi connectivity index (χ1n) is 8.72. The van der Waals surface area contributed by atoms with Gasteiger partial charge in [-0.1, -0.05) is 32.0 Å². The van der Waals surface area contributed by atoms with E-state index >= 15 is 0 Å². The van der Waals surface area contributed by atoms with Gasteiger partial charge in [0.25, 0.3) is 5.69 Å². The number of carbonyl (C=O) groups excluding carboxylic acids is 2. The van der Waals surface area contributed by atoms with Crippen molar-refractivity contribution in [3.05, 3.63) is 62.5 Å². The second-order valence-electron chi connectivity index (χ2n) is 7.76. The Labute approximate surface area is 157 Å². The average Bonchev–Trinajstić information content (AvgIpc) is 2.60. The van der Waals surface area contributed by atoms with E-state index < -0.39 is 16.8 Å². The van der Waals surface area contributed by atoms with E-state index in [4.69, 9.17) is 4.74 Å². The average molecular weight is 370 g/mol. The topological polar surface area (TPSA) is 98.5 Å². The molecule has 2 aliphatic rings. The predicted octanol–water partition coefficient (Wildman–Crippen LogP) is 3.37. The number of esters is 1. The molecule has 0 saturated heterocycles. The first kappa shape index (κ1) is 18.8. The lowest BCUT2D eigenvalue weighted by atomic mass is 9.68. The lowest BCUT2D eigenvalue weighted by molar-refractivity contribution is -0.385. The zero-order valence-corrected chi connectivity index (χ0v) is 15.8. The molecule has 7 nitrogen and oxygen atoms in total. The fourth-order valence-electron chi connectivity index (χ4n) is 4.03. The van der Waals surface area contributed by atoms with Crippen molar-refractivity contribution >= 4 is 17.4 Å². The number of ether oxygens (including phenoxy) is 1. The van der Waals surface area contributed by atoms with Gasteiger partial charge in [-0.3, -0.25) is 14.9 Å². The molecular weight excluding hydrogens is 348 g/mol. The molecule has 7 heteroatoms. The van der Waals surface area contributed by atoms with E-state index in [1.807, 2.05) is 13.8 Å². The molecule has 1 unspecified atom stereocenters. The highest BCUT2D eigenvalue weighted by Gasteiger charge is 2.42. The van der Waals surface area contributed by atoms with E-state index in [9.17, 15) is 19.7 Å². The summed E-state index contributed by atoms with van der Waals surface area (Å²) in [5.74, 6) is -1.22. The minimum atomic E-state index is -0.597. The Morgan fingerprint density at radius 1 is 1.30 bits per heavy atom. The van der Waals surface area contributed by atoms with Crippen molar-refractivity contribution in [3.8, 4) is 0 Å². The molecule has 1 aliphatic carbocycles. The van der Waals surface area contributed by atoms with Crippen LogP contribution in [0.1, 0.15) is 45.1 Å². The van der Waals surface area contributed by atoms with Gasteiger partial charge in [0.1, 0.15) is 5.70 Å². The van der Waals surface area contributed by atoms with Crippen LogP contribution in [0.5, 0.6) is 0 Å². The second-order valence-corrected chi connectivity index (χ2v) is 7.76. The maximum absolute atomic E-state index is 12.8. The van der Waals surface area contributed by atoms with Gasteiger partial charge in [-0.25, -0.2) is 4.79 Å². The van der Waals surface area contributed by atoms with Crippen LogP contribution in [-0.2, 0) is 14.3 Å². The Balaban J connectivity index is 2.27. The third-order valence-corrected chi connectivity index (χ3v) is 5.17. The van der Waals surface area contributed by atoms with Crippen LogP contribution >= 0.6 is 0 Å². The first-order valence-corrected chi connectivity index (χ1v) is 8.72. The van der Waals surface area contributed by atoms with Crippen LogP contribution in [0.4, 0.5) is 5.69 Å². The number of methoxy groups -OCH3 is 1. The normalized spacial score (nSPS) is 21.5. The number of nitro groups is 1. The molecule has 0 radical (unpaired) electrons. The molecule has 1 N–H and O–H groups in total. The van der Waals surface area contributed by atoms with Crippen molar-refractivity contribution in [3.63, 3.8) is 0 Å². The number of hydrogen-bond donors (Lipinski definition) is 1. The van der Waals surface area contributed by atoms with Gasteiger partial charge in [0.15, 0.2) is 5.78 Å². The maximum atomic E-state index is 12.8. The molecule has 142 valence electrons. The van der Waals surface area contributed by atoms with Crippen LogP contribution in [-0.4, -0.2) is 23.8 Å². The predicted molar refractivity (Wildman–Crippen MR) is 98.7 cm³/mol. The third kappa shape index (κ3) is 3.25. The zero-order chi connectivity index (χ0) is 19.9. The summed E-state index contributed by atoms with van der Waals surface area (Å²) >= 11 is 0. The summed E-state index contributed by atoms with van der Waals surface area (Å²) in [4.78, 5) is 36.2. The molecule has 0 amide bonds. The molecule has 1 aromatic rings. The molecule has 0 bridgehead atoms. The van der Waals surface area contributed by atoms with Gasteiger partial charge >= 0.3 is 5.97 Å². The van der Waals surface area contributed by atoms with Gasteiger partial charge in [0, 0.05) is 24.0 Å². The molecule has 1 heterocycles. The van der Waals surface area contributed by atoms with Crippen LogP contribution in [0.2, 0.25) is 0 Å². The smallest absolute Gasteiger partial charge is 0.354 e. The summed E-state index contributed by atoms with van der Waals surface area (Å²) in [6.07, 6.45) is 0.944. The standard InChI is InChI=1S/C20H22N2O5/c1-11-16(12-7-5-6-8-14(12)22(25)26)13-9-20(2,3)10-15(23)18(13)21-17(11)19(24)27-4/h5-8,16,21H,9-10H2,1-4H3. The number of hydrogen-bond acceptors (Lipinski definition) is 6. The van der Waals surface area contributed by atoms with Gasteiger partial charge < -0.3 is 10.1 Å². The van der Waals surface area contributed by atoms with Crippen molar-refractivity contribution in [1.29, 1.82) is 0 Å². The van der Waals surface area contributed by atoms with Crippen molar-refractivity contribution < 1.29 is 19.2 Å². The number of nitrogens with one attached hydrogen (secondary N) is 1. The molecule has 0 spiro atoms. The molecule has 1 aliphatic heterocycles. The van der Waals surface area contributed by atoms with Crippen LogP contribution in [0, 0.1) is 15.5 Å². The van der Waals surface area contributed by atoms with E-state index in [1.54, 1.807) is 25.1 Å². The Bertz CT molecular complexity index is 911. The molecule has 27 heavy (non-hydrogen) atoms. The molecule has 1 aromatic carbocycles. The summed E-state index contributed by atoms with van der Waals surface area (Å²) in [5.41, 5.74) is 2.12. The number of allylic oxidation sites excluding steroid dienone is 3. The van der Waals surface area contributed by atoms with E-state index in [-0.39, 0.29) is 22.6 Å². The van der Waals surface area contributed by atoms with Crippen LogP contribution in [0.15, 0.2) is 46.8 Å². The second kappa shape index (κ2) is 6.64. The van der Waals surface area contributed by atoms with Crippen molar-refractivity contribution in [2.75, 3.05) is 7.11 Å². The van der Waals surface area contributed by atoms with Crippen molar-refractivity contribution in [1.82, 2.24) is 5.32 Å². The summed E-state index contributed by atoms with van der Waals surface area (Å²) < 4.78 is 4.85. The fraction of sp³-hybridized carbons (Fsp3) is 0.400. The minimum absolute atomic E-state index is 0.0318. The zero-order valence-electron chi connectivity index (χ0n) is 15.8.